The summed E-state index contributed by atoms with van der Waals surface area (Å²) in [5.41, 5.74) is 3.33. The molecular weight excluding hydrogens is 362 g/mol. The third kappa shape index (κ3) is 5.25. The second-order valence-electron chi connectivity index (χ2n) is 5.85. The number of hydrogen-bond donors (Lipinski definition) is 0. The molecule has 0 saturated carbocycles. The predicted octanol–water partition coefficient (Wildman–Crippen LogP) is 0.705. The predicted molar refractivity (Wildman–Crippen MR) is 98.8 cm³/mol. The maximum atomic E-state index is 12.5. The van der Waals surface area contributed by atoms with Gasteiger partial charge in [0.1, 0.15) is 0 Å². The Labute approximate surface area is 164 Å². The molecule has 5 heteroatoms. The van der Waals surface area contributed by atoms with E-state index >= 15 is 0 Å². The number of ketones is 1. The number of aromatic nitrogens is 1. The van der Waals surface area contributed by atoms with Crippen molar-refractivity contribution in [3.05, 3.63) is 90.3 Å². The quantitative estimate of drug-likeness (QED) is 0.359. The highest BCUT2D eigenvalue weighted by molar-refractivity contribution is 5.95. The summed E-state index contributed by atoms with van der Waals surface area (Å²) in [6, 6.07) is 21.0. The van der Waals surface area contributed by atoms with Crippen molar-refractivity contribution in [2.45, 2.75) is 13.5 Å². The average molecular weight is 382 g/mol. The fourth-order valence-corrected chi connectivity index (χ4v) is 2.65. The van der Waals surface area contributed by atoms with Crippen LogP contribution in [0.1, 0.15) is 27.6 Å². The van der Waals surface area contributed by atoms with Gasteiger partial charge in [0.05, 0.1) is 12.2 Å². The molecule has 138 valence electrons. The van der Waals surface area contributed by atoms with Crippen LogP contribution in [0.15, 0.2) is 79.1 Å². The van der Waals surface area contributed by atoms with Crippen molar-refractivity contribution in [3.8, 4) is 11.1 Å². The van der Waals surface area contributed by atoms with Crippen molar-refractivity contribution >= 4 is 11.8 Å². The van der Waals surface area contributed by atoms with Crippen LogP contribution in [0.3, 0.4) is 0 Å². The Kier molecular flexibility index (Phi) is 7.26. The van der Waals surface area contributed by atoms with Crippen LogP contribution in [0.25, 0.3) is 11.1 Å². The molecule has 4 nitrogen and oxygen atoms in total. The number of Topliss-reactive ketones (excluding diaryl/α,β-unsaturated/α-hetero) is 1. The number of halogens is 1. The van der Waals surface area contributed by atoms with Crippen molar-refractivity contribution in [2.24, 2.45) is 0 Å². The van der Waals surface area contributed by atoms with Gasteiger partial charge in [0.25, 0.3) is 0 Å². The number of hydrogen-bond acceptors (Lipinski definition) is 3. The largest absolute Gasteiger partial charge is 1.00 e. The van der Waals surface area contributed by atoms with Crippen LogP contribution >= 0.6 is 0 Å². The van der Waals surface area contributed by atoms with E-state index in [1.165, 1.54) is 0 Å². The van der Waals surface area contributed by atoms with Crippen molar-refractivity contribution in [1.82, 2.24) is 0 Å². The Morgan fingerprint density at radius 2 is 1.41 bits per heavy atom. The Bertz CT molecular complexity index is 891. The number of benzene rings is 2. The normalized spacial score (nSPS) is 9.96. The number of carbonyl (C=O) groups is 2. The maximum absolute atomic E-state index is 12.5. The first-order chi connectivity index (χ1) is 12.7. The second kappa shape index (κ2) is 9.64. The first-order valence-corrected chi connectivity index (χ1v) is 8.52. The van der Waals surface area contributed by atoms with Gasteiger partial charge in [-0.25, -0.2) is 4.79 Å². The lowest BCUT2D eigenvalue weighted by molar-refractivity contribution is -0.683. The van der Waals surface area contributed by atoms with E-state index in [1.54, 1.807) is 36.0 Å². The summed E-state index contributed by atoms with van der Waals surface area (Å²) in [5.74, 6) is -0.346. The third-order valence-electron chi connectivity index (χ3n) is 4.04. The molecule has 0 bridgehead atoms. The van der Waals surface area contributed by atoms with Gasteiger partial charge in [-0.05, 0) is 18.1 Å². The molecule has 3 aromatic rings. The fourth-order valence-electron chi connectivity index (χ4n) is 2.65. The Hall–Kier alpha value is -2.98. The molecule has 0 radical (unpaired) electrons. The second-order valence-corrected chi connectivity index (χ2v) is 5.85. The molecule has 1 aromatic heterocycles. The minimum absolute atomic E-state index is 0. The monoisotopic (exact) mass is 381 g/mol. The van der Waals surface area contributed by atoms with Crippen LogP contribution in [0.5, 0.6) is 0 Å². The molecule has 0 aliphatic rings. The third-order valence-corrected chi connectivity index (χ3v) is 4.04. The van der Waals surface area contributed by atoms with Gasteiger partial charge in [-0.3, -0.25) is 4.79 Å². The number of ether oxygens (including phenoxy) is 1. The van der Waals surface area contributed by atoms with E-state index in [-0.39, 0.29) is 30.7 Å². The number of carbonyl (C=O) groups excluding carboxylic acids is 2. The van der Waals surface area contributed by atoms with Gasteiger partial charge in [0.2, 0.25) is 12.3 Å². The number of rotatable bonds is 6. The van der Waals surface area contributed by atoms with Gasteiger partial charge >= 0.3 is 5.97 Å². The van der Waals surface area contributed by atoms with Crippen molar-refractivity contribution in [3.63, 3.8) is 0 Å². The van der Waals surface area contributed by atoms with Crippen LogP contribution in [0.2, 0.25) is 0 Å². The highest BCUT2D eigenvalue weighted by Gasteiger charge is 2.14. The molecule has 0 unspecified atom stereocenters. The molecule has 0 amide bonds. The zero-order chi connectivity index (χ0) is 18.4. The number of esters is 1. The number of pyridine rings is 1. The van der Waals surface area contributed by atoms with Crippen LogP contribution in [-0.2, 0) is 11.3 Å². The van der Waals surface area contributed by atoms with Gasteiger partial charge in [0, 0.05) is 17.7 Å². The first kappa shape index (κ1) is 20.3. The smallest absolute Gasteiger partial charge is 0.338 e. The minimum atomic E-state index is -0.359. The Balaban J connectivity index is 0.00000261. The molecule has 1 heterocycles. The summed E-state index contributed by atoms with van der Waals surface area (Å²) in [4.78, 5) is 24.1. The molecule has 0 atom stereocenters. The molecule has 0 fully saturated rings. The highest BCUT2D eigenvalue weighted by atomic mass is 35.5. The van der Waals surface area contributed by atoms with E-state index < -0.39 is 0 Å². The molecule has 0 saturated heterocycles. The van der Waals surface area contributed by atoms with Gasteiger partial charge in [-0.2, -0.15) is 4.57 Å². The van der Waals surface area contributed by atoms with Crippen LogP contribution in [-0.4, -0.2) is 18.4 Å². The van der Waals surface area contributed by atoms with E-state index in [4.69, 9.17) is 4.74 Å². The van der Waals surface area contributed by atoms with Crippen LogP contribution in [0, 0.1) is 0 Å². The summed E-state index contributed by atoms with van der Waals surface area (Å²) in [5, 5.41) is 0. The summed E-state index contributed by atoms with van der Waals surface area (Å²) in [6.07, 6.45) is 3.42. The minimum Gasteiger partial charge on any atom is -1.00 e. The Morgan fingerprint density at radius 3 is 2.00 bits per heavy atom. The number of nitrogens with zero attached hydrogens (tertiary/aromatic N) is 1. The molecule has 3 rings (SSSR count). The molecule has 0 aliphatic heterocycles. The maximum Gasteiger partial charge on any atom is 0.338 e. The highest BCUT2D eigenvalue weighted by Crippen LogP contribution is 2.19. The fraction of sp³-hybridized carbons (Fsp3) is 0.136. The molecule has 0 aliphatic carbocycles. The van der Waals surface area contributed by atoms with Crippen LogP contribution in [0.4, 0.5) is 0 Å². The van der Waals surface area contributed by atoms with Gasteiger partial charge in [-0.15, -0.1) is 0 Å². The zero-order valence-corrected chi connectivity index (χ0v) is 15.7. The molecule has 2 aromatic carbocycles. The van der Waals surface area contributed by atoms with Crippen molar-refractivity contribution in [1.29, 1.82) is 0 Å². The van der Waals surface area contributed by atoms with E-state index in [2.05, 4.69) is 0 Å². The standard InChI is InChI=1S/C22H20NO3.ClH/c1-2-26-22(25)20-12-14-23(15-13-20)16-21(24)19-10-8-18(9-11-19)17-6-4-3-5-7-17;/h3-15H,2,16H2,1H3;1H/q+1;/p-1. The molecule has 27 heavy (non-hydrogen) atoms. The van der Waals surface area contributed by atoms with Gasteiger partial charge in [-0.1, -0.05) is 54.6 Å². The summed E-state index contributed by atoms with van der Waals surface area (Å²) < 4.78 is 6.70. The summed E-state index contributed by atoms with van der Waals surface area (Å²) >= 11 is 0. The topological polar surface area (TPSA) is 47.2 Å². The Morgan fingerprint density at radius 1 is 0.815 bits per heavy atom. The SMILES string of the molecule is CCOC(=O)c1cc[n+](CC(=O)c2ccc(-c3ccccc3)cc2)cc1.[Cl-]. The van der Waals surface area contributed by atoms with Crippen molar-refractivity contribution < 1.29 is 31.3 Å². The summed E-state index contributed by atoms with van der Waals surface area (Å²) in [7, 11) is 0. The average Bonchev–Trinajstić information content (AvgIpc) is 2.69. The lowest BCUT2D eigenvalue weighted by Crippen LogP contribution is -3.00. The van der Waals surface area contributed by atoms with Gasteiger partial charge in [0.15, 0.2) is 12.4 Å². The van der Waals surface area contributed by atoms with E-state index in [9.17, 15) is 9.59 Å². The molecular formula is C22H20ClNO3. The van der Waals surface area contributed by atoms with Crippen LogP contribution < -0.4 is 17.0 Å². The van der Waals surface area contributed by atoms with Crippen molar-refractivity contribution in [2.75, 3.05) is 6.61 Å². The van der Waals surface area contributed by atoms with E-state index in [1.807, 2.05) is 54.6 Å². The zero-order valence-electron chi connectivity index (χ0n) is 15.0. The lowest BCUT2D eigenvalue weighted by Gasteiger charge is -2.03. The van der Waals surface area contributed by atoms with E-state index in [0.717, 1.165) is 11.1 Å². The lowest BCUT2D eigenvalue weighted by atomic mass is 10.0. The summed E-state index contributed by atoms with van der Waals surface area (Å²) in [6.45, 7) is 2.32. The first-order valence-electron chi connectivity index (χ1n) is 8.52. The van der Waals surface area contributed by atoms with Gasteiger partial charge < -0.3 is 17.1 Å². The molecule has 0 N–H and O–H groups in total. The van der Waals surface area contributed by atoms with E-state index in [0.29, 0.717) is 17.7 Å². The molecule has 0 spiro atoms.